The molecule has 1 rings (SSSR count). The van der Waals surface area contributed by atoms with Crippen LogP contribution in [0.5, 0.6) is 0 Å². The molecule has 0 aliphatic carbocycles. The second kappa shape index (κ2) is 6.22. The van der Waals surface area contributed by atoms with Crippen LogP contribution in [0.2, 0.25) is 0 Å². The van der Waals surface area contributed by atoms with Crippen LogP contribution in [0, 0.1) is 5.41 Å². The molecule has 1 fully saturated rings. The van der Waals surface area contributed by atoms with E-state index in [-0.39, 0.29) is 23.5 Å². The third-order valence-corrected chi connectivity index (χ3v) is 4.06. The van der Waals surface area contributed by atoms with Gasteiger partial charge in [-0.2, -0.15) is 0 Å². The SMILES string of the molecule is CC(C)(C)CN1CCN(C(=O)CCS(C)(=O)=O)CC1. The molecule has 1 heterocycles. The van der Waals surface area contributed by atoms with Gasteiger partial charge in [-0.05, 0) is 5.41 Å². The number of amides is 1. The summed E-state index contributed by atoms with van der Waals surface area (Å²) in [5.41, 5.74) is 0.266. The van der Waals surface area contributed by atoms with E-state index in [4.69, 9.17) is 0 Å². The molecular formula is C13H26N2O3S. The van der Waals surface area contributed by atoms with Crippen LogP contribution < -0.4 is 0 Å². The van der Waals surface area contributed by atoms with Crippen molar-refractivity contribution in [3.05, 3.63) is 0 Å². The van der Waals surface area contributed by atoms with E-state index in [1.165, 1.54) is 6.26 Å². The number of nitrogens with zero attached hydrogens (tertiary/aromatic N) is 2. The number of carbonyl (C=O) groups excluding carboxylic acids is 1. The zero-order valence-corrected chi connectivity index (χ0v) is 13.3. The average Bonchev–Trinajstić information content (AvgIpc) is 2.23. The largest absolute Gasteiger partial charge is 0.340 e. The van der Waals surface area contributed by atoms with Crippen molar-refractivity contribution >= 4 is 15.7 Å². The van der Waals surface area contributed by atoms with Crippen LogP contribution in [0.15, 0.2) is 0 Å². The lowest BCUT2D eigenvalue weighted by Crippen LogP contribution is -2.50. The van der Waals surface area contributed by atoms with E-state index in [0.717, 1.165) is 19.6 Å². The summed E-state index contributed by atoms with van der Waals surface area (Å²) in [6.07, 6.45) is 1.28. The summed E-state index contributed by atoms with van der Waals surface area (Å²) in [7, 11) is -3.05. The summed E-state index contributed by atoms with van der Waals surface area (Å²) in [6, 6.07) is 0. The van der Waals surface area contributed by atoms with Gasteiger partial charge in [0, 0.05) is 45.4 Å². The third-order valence-electron chi connectivity index (χ3n) is 3.11. The molecule has 0 aromatic carbocycles. The van der Waals surface area contributed by atoms with Crippen LogP contribution >= 0.6 is 0 Å². The first kappa shape index (κ1) is 16.4. The molecular weight excluding hydrogens is 264 g/mol. The van der Waals surface area contributed by atoms with Crippen molar-refractivity contribution in [2.45, 2.75) is 27.2 Å². The molecule has 0 bridgehead atoms. The summed E-state index contributed by atoms with van der Waals surface area (Å²) in [5.74, 6) is -0.0885. The predicted molar refractivity (Wildman–Crippen MR) is 76.8 cm³/mol. The first-order valence-electron chi connectivity index (χ1n) is 6.75. The molecule has 1 saturated heterocycles. The normalized spacial score (nSPS) is 18.6. The van der Waals surface area contributed by atoms with Crippen molar-refractivity contribution in [2.24, 2.45) is 5.41 Å². The maximum atomic E-state index is 11.9. The Balaban J connectivity index is 2.35. The fourth-order valence-corrected chi connectivity index (χ4v) is 2.80. The molecule has 0 aromatic heterocycles. The van der Waals surface area contributed by atoms with E-state index in [2.05, 4.69) is 25.7 Å². The van der Waals surface area contributed by atoms with Gasteiger partial charge in [-0.25, -0.2) is 8.42 Å². The van der Waals surface area contributed by atoms with Gasteiger partial charge in [0.25, 0.3) is 0 Å². The summed E-state index contributed by atoms with van der Waals surface area (Å²) in [5, 5.41) is 0. The van der Waals surface area contributed by atoms with E-state index in [0.29, 0.717) is 13.1 Å². The van der Waals surface area contributed by atoms with Gasteiger partial charge in [-0.15, -0.1) is 0 Å². The second-order valence-corrected chi connectivity index (χ2v) is 8.86. The minimum Gasteiger partial charge on any atom is -0.340 e. The Morgan fingerprint density at radius 2 is 1.63 bits per heavy atom. The number of carbonyl (C=O) groups is 1. The standard InChI is InChI=1S/C13H26N2O3S/c1-13(2,3)11-14-6-8-15(9-7-14)12(16)5-10-19(4,17)18/h5-11H2,1-4H3. The van der Waals surface area contributed by atoms with Crippen molar-refractivity contribution in [3.63, 3.8) is 0 Å². The van der Waals surface area contributed by atoms with Gasteiger partial charge in [-0.3, -0.25) is 9.69 Å². The lowest BCUT2D eigenvalue weighted by Gasteiger charge is -2.37. The fourth-order valence-electron chi connectivity index (χ4n) is 2.26. The Kier molecular flexibility index (Phi) is 5.38. The topological polar surface area (TPSA) is 57.7 Å². The Bertz CT molecular complexity index is 404. The number of sulfone groups is 1. The van der Waals surface area contributed by atoms with Gasteiger partial charge in [0.05, 0.1) is 5.75 Å². The number of piperazine rings is 1. The van der Waals surface area contributed by atoms with Crippen molar-refractivity contribution in [2.75, 3.05) is 44.7 Å². The molecule has 0 radical (unpaired) electrons. The smallest absolute Gasteiger partial charge is 0.223 e. The lowest BCUT2D eigenvalue weighted by molar-refractivity contribution is -0.132. The molecule has 0 spiro atoms. The summed E-state index contributed by atoms with van der Waals surface area (Å²) in [6.45, 7) is 10.8. The second-order valence-electron chi connectivity index (χ2n) is 6.60. The van der Waals surface area contributed by atoms with Crippen LogP contribution in [0.1, 0.15) is 27.2 Å². The van der Waals surface area contributed by atoms with Crippen molar-refractivity contribution < 1.29 is 13.2 Å². The van der Waals surface area contributed by atoms with Gasteiger partial charge >= 0.3 is 0 Å². The first-order valence-corrected chi connectivity index (χ1v) is 8.81. The minimum absolute atomic E-state index is 0.0409. The minimum atomic E-state index is -3.05. The highest BCUT2D eigenvalue weighted by atomic mass is 32.2. The zero-order valence-electron chi connectivity index (χ0n) is 12.5. The average molecular weight is 290 g/mol. The quantitative estimate of drug-likeness (QED) is 0.761. The molecule has 19 heavy (non-hydrogen) atoms. The molecule has 112 valence electrons. The molecule has 6 heteroatoms. The summed E-state index contributed by atoms with van der Waals surface area (Å²) >= 11 is 0. The third kappa shape index (κ3) is 6.92. The van der Waals surface area contributed by atoms with Crippen LogP contribution in [-0.4, -0.2) is 68.9 Å². The monoisotopic (exact) mass is 290 g/mol. The Labute approximate surface area is 116 Å². The Hall–Kier alpha value is -0.620. The van der Waals surface area contributed by atoms with Crippen molar-refractivity contribution in [3.8, 4) is 0 Å². The van der Waals surface area contributed by atoms with Gasteiger partial charge in [-0.1, -0.05) is 20.8 Å². The van der Waals surface area contributed by atoms with E-state index in [1.807, 2.05) is 0 Å². The van der Waals surface area contributed by atoms with E-state index in [9.17, 15) is 13.2 Å². The van der Waals surface area contributed by atoms with Crippen molar-refractivity contribution in [1.29, 1.82) is 0 Å². The molecule has 1 amide bonds. The highest BCUT2D eigenvalue weighted by molar-refractivity contribution is 7.90. The summed E-state index contributed by atoms with van der Waals surface area (Å²) in [4.78, 5) is 16.0. The van der Waals surface area contributed by atoms with E-state index in [1.54, 1.807) is 4.90 Å². The van der Waals surface area contributed by atoms with Crippen molar-refractivity contribution in [1.82, 2.24) is 9.80 Å². The number of hydrogen-bond donors (Lipinski definition) is 0. The van der Waals surface area contributed by atoms with Crippen LogP contribution in [-0.2, 0) is 14.6 Å². The molecule has 0 unspecified atom stereocenters. The van der Waals surface area contributed by atoms with E-state index >= 15 is 0 Å². The Morgan fingerprint density at radius 1 is 1.11 bits per heavy atom. The van der Waals surface area contributed by atoms with Crippen LogP contribution in [0.4, 0.5) is 0 Å². The molecule has 0 aromatic rings. The molecule has 0 saturated carbocycles. The highest BCUT2D eigenvalue weighted by Gasteiger charge is 2.24. The maximum Gasteiger partial charge on any atom is 0.223 e. The van der Waals surface area contributed by atoms with Gasteiger partial charge in [0.15, 0.2) is 0 Å². The molecule has 1 aliphatic rings. The van der Waals surface area contributed by atoms with Gasteiger partial charge < -0.3 is 4.90 Å². The predicted octanol–water partition coefficient (Wildman–Crippen LogP) is 0.611. The zero-order chi connectivity index (χ0) is 14.7. The molecule has 1 aliphatic heterocycles. The van der Waals surface area contributed by atoms with E-state index < -0.39 is 9.84 Å². The number of hydrogen-bond acceptors (Lipinski definition) is 4. The van der Waals surface area contributed by atoms with Gasteiger partial charge in [0.2, 0.25) is 5.91 Å². The lowest BCUT2D eigenvalue weighted by atomic mass is 9.96. The molecule has 5 nitrogen and oxygen atoms in total. The van der Waals surface area contributed by atoms with Crippen LogP contribution in [0.3, 0.4) is 0 Å². The molecule has 0 atom stereocenters. The fraction of sp³-hybridized carbons (Fsp3) is 0.923. The highest BCUT2D eigenvalue weighted by Crippen LogP contribution is 2.16. The first-order chi connectivity index (χ1) is 8.57. The maximum absolute atomic E-state index is 11.9. The Morgan fingerprint density at radius 3 is 2.05 bits per heavy atom. The summed E-state index contributed by atoms with van der Waals surface area (Å²) < 4.78 is 22.1. The number of rotatable bonds is 4. The van der Waals surface area contributed by atoms with Gasteiger partial charge in [0.1, 0.15) is 9.84 Å². The molecule has 0 N–H and O–H groups in total. The van der Waals surface area contributed by atoms with Crippen LogP contribution in [0.25, 0.3) is 0 Å².